The number of nitrogens with one attached hydrogen (secondary N) is 1. The molecular weight excluding hydrogens is 1090 g/mol. The van der Waals surface area contributed by atoms with Crippen molar-refractivity contribution in [1.29, 1.82) is 0 Å². The van der Waals surface area contributed by atoms with Crippen molar-refractivity contribution in [2.24, 2.45) is 0 Å². The molecule has 6 heteroatoms. The topological polar surface area (TPSA) is 95.9 Å². The molecule has 6 nitrogen and oxygen atoms in total. The van der Waals surface area contributed by atoms with E-state index >= 15 is 0 Å². The molecule has 2 atom stereocenters. The lowest BCUT2D eigenvalue weighted by atomic mass is 10.0. The number of amides is 1. The lowest BCUT2D eigenvalue weighted by Gasteiger charge is -2.22. The van der Waals surface area contributed by atoms with E-state index in [9.17, 15) is 19.8 Å². The van der Waals surface area contributed by atoms with E-state index in [2.05, 4.69) is 55.6 Å². The summed E-state index contributed by atoms with van der Waals surface area (Å²) in [6, 6.07) is -0.540. The average molecular weight is 1250 g/mol. The summed E-state index contributed by atoms with van der Waals surface area (Å²) in [6.07, 6.45) is 103. The summed E-state index contributed by atoms with van der Waals surface area (Å²) in [4.78, 5) is 24.6. The van der Waals surface area contributed by atoms with Gasteiger partial charge in [0.1, 0.15) is 0 Å². The van der Waals surface area contributed by atoms with Crippen LogP contribution in [0.5, 0.6) is 0 Å². The van der Waals surface area contributed by atoms with Crippen molar-refractivity contribution < 1.29 is 24.5 Å². The maximum absolute atomic E-state index is 12.5. The van der Waals surface area contributed by atoms with Crippen molar-refractivity contribution >= 4 is 11.9 Å². The fourth-order valence-corrected chi connectivity index (χ4v) is 13.0. The third-order valence-corrected chi connectivity index (χ3v) is 19.2. The van der Waals surface area contributed by atoms with Crippen molar-refractivity contribution in [3.05, 3.63) is 36.5 Å². The first-order valence-electron chi connectivity index (χ1n) is 40.7. The number of hydrogen-bond donors (Lipinski definition) is 3. The van der Waals surface area contributed by atoms with Crippen LogP contribution in [0.4, 0.5) is 0 Å². The third-order valence-electron chi connectivity index (χ3n) is 19.2. The second-order valence-corrected chi connectivity index (χ2v) is 28.1. The third kappa shape index (κ3) is 75.0. The molecule has 0 aromatic rings. The number of allylic oxidation sites excluding steroid dienone is 6. The summed E-state index contributed by atoms with van der Waals surface area (Å²) in [5, 5.41) is 23.4. The molecule has 0 radical (unpaired) electrons. The normalized spacial score (nSPS) is 12.6. The lowest BCUT2D eigenvalue weighted by molar-refractivity contribution is -0.143. The van der Waals surface area contributed by atoms with Crippen molar-refractivity contribution in [3.8, 4) is 0 Å². The largest absolute Gasteiger partial charge is 0.466 e. The summed E-state index contributed by atoms with van der Waals surface area (Å²) >= 11 is 0. The Labute approximate surface area is 557 Å². The quantitative estimate of drug-likeness (QED) is 0.0320. The van der Waals surface area contributed by atoms with Crippen LogP contribution >= 0.6 is 0 Å². The molecule has 0 bridgehead atoms. The summed E-state index contributed by atoms with van der Waals surface area (Å²) in [6.45, 7) is 4.99. The van der Waals surface area contributed by atoms with Crippen LogP contribution in [0.25, 0.3) is 0 Å². The molecule has 0 aliphatic rings. The first-order chi connectivity index (χ1) is 44.0. The van der Waals surface area contributed by atoms with Gasteiger partial charge in [0, 0.05) is 12.8 Å². The van der Waals surface area contributed by atoms with Gasteiger partial charge in [0.05, 0.1) is 25.4 Å². The first kappa shape index (κ1) is 87.1. The second-order valence-electron chi connectivity index (χ2n) is 28.1. The first-order valence-corrected chi connectivity index (χ1v) is 40.7. The Morgan fingerprint density at radius 1 is 0.315 bits per heavy atom. The van der Waals surface area contributed by atoms with Crippen LogP contribution in [0.15, 0.2) is 36.5 Å². The van der Waals surface area contributed by atoms with E-state index in [4.69, 9.17) is 4.74 Å². The molecule has 2 unspecified atom stereocenters. The number of esters is 1. The van der Waals surface area contributed by atoms with Crippen molar-refractivity contribution in [3.63, 3.8) is 0 Å². The molecule has 0 aromatic carbocycles. The molecule has 0 saturated heterocycles. The second kappa shape index (κ2) is 78.5. The Morgan fingerprint density at radius 2 is 0.562 bits per heavy atom. The van der Waals surface area contributed by atoms with Crippen LogP contribution in [-0.4, -0.2) is 47.4 Å². The van der Waals surface area contributed by atoms with Gasteiger partial charge in [-0.25, -0.2) is 0 Å². The molecule has 0 fully saturated rings. The van der Waals surface area contributed by atoms with Crippen LogP contribution in [0.1, 0.15) is 457 Å². The maximum Gasteiger partial charge on any atom is 0.305 e. The molecule has 3 N–H and O–H groups in total. The Bertz CT molecular complexity index is 1440. The molecule has 89 heavy (non-hydrogen) atoms. The fourth-order valence-electron chi connectivity index (χ4n) is 13.0. The van der Waals surface area contributed by atoms with E-state index in [0.717, 1.165) is 51.4 Å². The minimum absolute atomic E-state index is 0.0131. The smallest absolute Gasteiger partial charge is 0.305 e. The number of rotatable bonds is 77. The predicted molar refractivity (Wildman–Crippen MR) is 393 cm³/mol. The Kier molecular flexibility index (Phi) is 76.8. The van der Waals surface area contributed by atoms with Gasteiger partial charge in [-0.15, -0.1) is 0 Å². The molecule has 0 heterocycles. The average Bonchev–Trinajstić information content (AvgIpc) is 3.60. The van der Waals surface area contributed by atoms with E-state index in [-0.39, 0.29) is 18.5 Å². The maximum atomic E-state index is 12.5. The van der Waals surface area contributed by atoms with Crippen molar-refractivity contribution in [2.75, 3.05) is 13.2 Å². The van der Waals surface area contributed by atoms with Crippen LogP contribution in [-0.2, 0) is 14.3 Å². The number of unbranched alkanes of at least 4 members (excludes halogenated alkanes) is 60. The molecular formula is C83H159NO5. The van der Waals surface area contributed by atoms with Crippen LogP contribution in [0.2, 0.25) is 0 Å². The minimum atomic E-state index is -0.663. The highest BCUT2D eigenvalue weighted by Crippen LogP contribution is 2.20. The zero-order valence-corrected chi connectivity index (χ0v) is 60.4. The molecule has 0 aliphatic heterocycles. The van der Waals surface area contributed by atoms with Crippen LogP contribution < -0.4 is 5.32 Å². The predicted octanol–water partition coefficient (Wildman–Crippen LogP) is 27.0. The van der Waals surface area contributed by atoms with Crippen LogP contribution in [0.3, 0.4) is 0 Å². The number of hydrogen-bond acceptors (Lipinski definition) is 5. The number of carbonyl (C=O) groups is 2. The van der Waals surface area contributed by atoms with Gasteiger partial charge in [-0.05, 0) is 83.5 Å². The summed E-state index contributed by atoms with van der Waals surface area (Å²) < 4.78 is 5.50. The van der Waals surface area contributed by atoms with Gasteiger partial charge in [0.25, 0.3) is 0 Å². The zero-order valence-electron chi connectivity index (χ0n) is 60.4. The van der Waals surface area contributed by atoms with E-state index < -0.39 is 12.1 Å². The molecule has 0 saturated carbocycles. The Morgan fingerprint density at radius 3 is 0.865 bits per heavy atom. The van der Waals surface area contributed by atoms with Gasteiger partial charge < -0.3 is 20.3 Å². The number of aliphatic hydroxyl groups excluding tert-OH is 2. The summed E-state index contributed by atoms with van der Waals surface area (Å²) in [5.74, 6) is -0.0145. The number of carbonyl (C=O) groups excluding carboxylic acids is 2. The monoisotopic (exact) mass is 1250 g/mol. The van der Waals surface area contributed by atoms with Gasteiger partial charge in [-0.2, -0.15) is 0 Å². The van der Waals surface area contributed by atoms with Crippen LogP contribution in [0, 0.1) is 0 Å². The molecule has 526 valence electrons. The van der Waals surface area contributed by atoms with E-state index in [1.165, 1.54) is 372 Å². The highest BCUT2D eigenvalue weighted by molar-refractivity contribution is 5.76. The fraction of sp³-hybridized carbons (Fsp3) is 0.904. The van der Waals surface area contributed by atoms with E-state index in [1.807, 2.05) is 0 Å². The highest BCUT2D eigenvalue weighted by atomic mass is 16.5. The number of aliphatic hydroxyl groups is 2. The number of ether oxygens (including phenoxy) is 1. The molecule has 0 aliphatic carbocycles. The van der Waals surface area contributed by atoms with E-state index in [1.54, 1.807) is 0 Å². The molecule has 0 spiro atoms. The summed E-state index contributed by atoms with van der Waals surface area (Å²) in [7, 11) is 0. The Hall–Kier alpha value is -1.92. The molecule has 1 amide bonds. The van der Waals surface area contributed by atoms with E-state index in [0.29, 0.717) is 25.9 Å². The SMILES string of the molecule is CCCCCCCC/C=C\CCCCCCCC(=O)OCCCCCCCCCCCCCCCCC/C=C\C/C=C\CCCCCCCCCCCCCCCCCCCC(=O)NC(CO)C(O)CCCCCCCCCCCCCCCCCCCC. The van der Waals surface area contributed by atoms with Gasteiger partial charge in [0.2, 0.25) is 5.91 Å². The standard InChI is InChI=1S/C83H159NO5/c1-3-5-7-9-11-13-15-17-19-20-44-48-51-55-59-63-67-71-75-81(86)80(79-85)84-82(87)76-72-68-64-60-56-52-49-45-42-40-38-36-34-32-30-28-26-24-22-21-23-25-27-29-31-33-35-37-39-41-43-46-50-54-58-62-66-70-74-78-89-83(88)77-73-69-65-61-57-53-47-18-16-14-12-10-8-6-4-2/h18,21-22,25,27,47,80-81,85-86H,3-17,19-20,23-24,26,28-46,48-79H2,1-2H3,(H,84,87)/b22-21-,27-25-,47-18-. The minimum Gasteiger partial charge on any atom is -0.466 e. The summed E-state index contributed by atoms with van der Waals surface area (Å²) in [5.41, 5.74) is 0. The van der Waals surface area contributed by atoms with Crippen molar-refractivity contribution in [1.82, 2.24) is 5.32 Å². The molecule has 0 rings (SSSR count). The lowest BCUT2D eigenvalue weighted by Crippen LogP contribution is -2.45. The van der Waals surface area contributed by atoms with Gasteiger partial charge in [-0.3, -0.25) is 9.59 Å². The van der Waals surface area contributed by atoms with Crippen molar-refractivity contribution in [2.45, 2.75) is 469 Å². The van der Waals surface area contributed by atoms with Gasteiger partial charge in [0.15, 0.2) is 0 Å². The zero-order chi connectivity index (χ0) is 64.2. The van der Waals surface area contributed by atoms with Gasteiger partial charge in [-0.1, -0.05) is 397 Å². The highest BCUT2D eigenvalue weighted by Gasteiger charge is 2.20. The van der Waals surface area contributed by atoms with Gasteiger partial charge >= 0.3 is 5.97 Å². The molecule has 0 aromatic heterocycles. The Balaban J connectivity index is 3.35.